The van der Waals surface area contributed by atoms with Crippen molar-refractivity contribution in [2.45, 2.75) is 6.10 Å². The summed E-state index contributed by atoms with van der Waals surface area (Å²) in [7, 11) is 1.58. The lowest BCUT2D eigenvalue weighted by molar-refractivity contribution is 0.0916. The molecule has 2 aromatic heterocycles. The minimum Gasteiger partial charge on any atom is -0.497 e. The average molecular weight is 338 g/mol. The number of amides is 1. The lowest BCUT2D eigenvalue weighted by Crippen LogP contribution is -2.28. The van der Waals surface area contributed by atoms with E-state index >= 15 is 0 Å². The summed E-state index contributed by atoms with van der Waals surface area (Å²) in [6.45, 7) is 0.105. The van der Waals surface area contributed by atoms with Crippen molar-refractivity contribution in [1.29, 1.82) is 0 Å². The molecule has 0 spiro atoms. The van der Waals surface area contributed by atoms with Crippen LogP contribution in [-0.4, -0.2) is 39.2 Å². The number of ether oxygens (including phenoxy) is 1. The molecule has 7 nitrogen and oxygen atoms in total. The van der Waals surface area contributed by atoms with Gasteiger partial charge < -0.3 is 15.2 Å². The van der Waals surface area contributed by atoms with Crippen molar-refractivity contribution in [2.24, 2.45) is 0 Å². The maximum absolute atomic E-state index is 12.3. The number of aliphatic hydroxyl groups excluding tert-OH is 1. The number of hydrogen-bond donors (Lipinski definition) is 2. The number of hydrogen-bond acceptors (Lipinski definition) is 5. The van der Waals surface area contributed by atoms with Gasteiger partial charge in [-0.2, -0.15) is 0 Å². The number of methoxy groups -OCH3 is 1. The third kappa shape index (κ3) is 4.02. The van der Waals surface area contributed by atoms with Crippen LogP contribution in [0.5, 0.6) is 5.75 Å². The normalized spacial score (nSPS) is 11.8. The fourth-order valence-corrected chi connectivity index (χ4v) is 2.33. The molecular formula is C18H18N4O3. The van der Waals surface area contributed by atoms with Gasteiger partial charge in [0.1, 0.15) is 17.9 Å². The van der Waals surface area contributed by atoms with Gasteiger partial charge in [0.2, 0.25) is 0 Å². The van der Waals surface area contributed by atoms with Crippen molar-refractivity contribution in [3.05, 3.63) is 72.4 Å². The summed E-state index contributed by atoms with van der Waals surface area (Å²) in [5.41, 5.74) is 1.16. The first-order valence-electron chi connectivity index (χ1n) is 7.72. The molecule has 0 saturated carbocycles. The first kappa shape index (κ1) is 16.7. The number of imidazole rings is 1. The van der Waals surface area contributed by atoms with Gasteiger partial charge in [0, 0.05) is 30.7 Å². The van der Waals surface area contributed by atoms with Gasteiger partial charge in [0.05, 0.1) is 13.2 Å². The topological polar surface area (TPSA) is 89.3 Å². The van der Waals surface area contributed by atoms with E-state index in [2.05, 4.69) is 15.3 Å². The van der Waals surface area contributed by atoms with Crippen molar-refractivity contribution < 1.29 is 14.6 Å². The molecular weight excluding hydrogens is 320 g/mol. The molecule has 0 aliphatic carbocycles. The Morgan fingerprint density at radius 1 is 1.28 bits per heavy atom. The van der Waals surface area contributed by atoms with Crippen molar-refractivity contribution in [3.8, 4) is 11.6 Å². The van der Waals surface area contributed by atoms with E-state index in [1.165, 1.54) is 0 Å². The Morgan fingerprint density at radius 3 is 2.76 bits per heavy atom. The number of pyridine rings is 1. The molecule has 1 aromatic carbocycles. The highest BCUT2D eigenvalue weighted by Crippen LogP contribution is 2.17. The fourth-order valence-electron chi connectivity index (χ4n) is 2.33. The second-order valence-electron chi connectivity index (χ2n) is 5.37. The largest absolute Gasteiger partial charge is 0.497 e. The zero-order valence-electron chi connectivity index (χ0n) is 13.7. The van der Waals surface area contributed by atoms with Crippen LogP contribution < -0.4 is 10.1 Å². The Kier molecular flexibility index (Phi) is 5.06. The minimum atomic E-state index is -0.801. The van der Waals surface area contributed by atoms with Crippen LogP contribution in [-0.2, 0) is 0 Å². The minimum absolute atomic E-state index is 0.105. The van der Waals surface area contributed by atoms with Gasteiger partial charge >= 0.3 is 0 Å². The summed E-state index contributed by atoms with van der Waals surface area (Å²) in [5.74, 6) is 1.03. The van der Waals surface area contributed by atoms with Gasteiger partial charge in [-0.05, 0) is 29.8 Å². The Balaban J connectivity index is 1.63. The average Bonchev–Trinajstić information content (AvgIpc) is 3.21. The fraction of sp³-hybridized carbons (Fsp3) is 0.167. The number of rotatable bonds is 6. The Labute approximate surface area is 144 Å². The summed E-state index contributed by atoms with van der Waals surface area (Å²) in [5, 5.41) is 12.9. The van der Waals surface area contributed by atoms with E-state index in [1.54, 1.807) is 73.0 Å². The van der Waals surface area contributed by atoms with Gasteiger partial charge in [-0.25, -0.2) is 9.97 Å². The number of nitrogens with zero attached hydrogens (tertiary/aromatic N) is 3. The highest BCUT2D eigenvalue weighted by Gasteiger charge is 2.12. The summed E-state index contributed by atoms with van der Waals surface area (Å²) < 4.78 is 6.79. The van der Waals surface area contributed by atoms with Gasteiger partial charge in [0.25, 0.3) is 5.91 Å². The molecule has 2 heterocycles. The van der Waals surface area contributed by atoms with E-state index in [-0.39, 0.29) is 12.5 Å². The van der Waals surface area contributed by atoms with E-state index in [4.69, 9.17) is 4.74 Å². The second kappa shape index (κ2) is 7.59. The summed E-state index contributed by atoms with van der Waals surface area (Å²) in [6, 6.07) is 10.3. The second-order valence-corrected chi connectivity index (χ2v) is 5.37. The summed E-state index contributed by atoms with van der Waals surface area (Å²) >= 11 is 0. The van der Waals surface area contributed by atoms with E-state index in [0.717, 1.165) is 0 Å². The highest BCUT2D eigenvalue weighted by atomic mass is 16.5. The van der Waals surface area contributed by atoms with Crippen LogP contribution in [0.25, 0.3) is 5.82 Å². The van der Waals surface area contributed by atoms with Crippen LogP contribution in [0.15, 0.2) is 61.3 Å². The molecule has 0 saturated heterocycles. The molecule has 0 aliphatic rings. The zero-order chi connectivity index (χ0) is 17.6. The molecule has 0 unspecified atom stereocenters. The molecule has 0 radical (unpaired) electrons. The van der Waals surface area contributed by atoms with E-state index in [1.807, 2.05) is 0 Å². The quantitative estimate of drug-likeness (QED) is 0.715. The smallest absolute Gasteiger partial charge is 0.251 e. The van der Waals surface area contributed by atoms with Gasteiger partial charge in [0.15, 0.2) is 0 Å². The molecule has 2 N–H and O–H groups in total. The molecule has 128 valence electrons. The zero-order valence-corrected chi connectivity index (χ0v) is 13.7. The highest BCUT2D eigenvalue weighted by molar-refractivity contribution is 5.94. The lowest BCUT2D eigenvalue weighted by atomic mass is 10.1. The van der Waals surface area contributed by atoms with Crippen LogP contribution in [0, 0.1) is 0 Å². The molecule has 3 rings (SSSR count). The van der Waals surface area contributed by atoms with Crippen molar-refractivity contribution >= 4 is 5.91 Å². The maximum Gasteiger partial charge on any atom is 0.251 e. The number of carbonyl (C=O) groups excluding carboxylic acids is 1. The summed E-state index contributed by atoms with van der Waals surface area (Å²) in [6.07, 6.45) is 5.75. The van der Waals surface area contributed by atoms with Crippen molar-refractivity contribution in [1.82, 2.24) is 19.9 Å². The summed E-state index contributed by atoms with van der Waals surface area (Å²) in [4.78, 5) is 20.5. The predicted molar refractivity (Wildman–Crippen MR) is 91.6 cm³/mol. The van der Waals surface area contributed by atoms with Crippen LogP contribution in [0.4, 0.5) is 0 Å². The first-order chi connectivity index (χ1) is 12.2. The first-order valence-corrected chi connectivity index (χ1v) is 7.72. The van der Waals surface area contributed by atoms with E-state index in [9.17, 15) is 9.90 Å². The molecule has 1 atom stereocenters. The molecule has 0 fully saturated rings. The lowest BCUT2D eigenvalue weighted by Gasteiger charge is -2.13. The molecule has 0 bridgehead atoms. The van der Waals surface area contributed by atoms with Gasteiger partial charge in [-0.1, -0.05) is 12.1 Å². The molecule has 25 heavy (non-hydrogen) atoms. The Hall–Kier alpha value is -3.19. The van der Waals surface area contributed by atoms with Crippen molar-refractivity contribution in [3.63, 3.8) is 0 Å². The number of nitrogens with one attached hydrogen (secondary N) is 1. The van der Waals surface area contributed by atoms with Gasteiger partial charge in [-0.15, -0.1) is 0 Å². The Bertz CT molecular complexity index is 832. The number of benzene rings is 1. The third-order valence-electron chi connectivity index (χ3n) is 3.73. The molecule has 7 heteroatoms. The molecule has 3 aromatic rings. The molecule has 1 amide bonds. The van der Waals surface area contributed by atoms with Gasteiger partial charge in [-0.3, -0.25) is 9.36 Å². The number of aliphatic hydroxyl groups is 1. The number of carbonyl (C=O) groups is 1. The molecule has 0 aliphatic heterocycles. The van der Waals surface area contributed by atoms with E-state index < -0.39 is 6.10 Å². The Morgan fingerprint density at radius 2 is 2.08 bits per heavy atom. The number of aromatic nitrogens is 3. The van der Waals surface area contributed by atoms with Crippen LogP contribution in [0.3, 0.4) is 0 Å². The standard InChI is InChI=1S/C18H18N4O3/c1-25-15-4-2-13(3-5-15)16(23)11-21-18(24)14-6-7-20-17(10-14)22-9-8-19-12-22/h2-10,12,16,23H,11H2,1H3,(H,21,24)/t16-/m0/s1. The SMILES string of the molecule is COc1ccc([C@@H](O)CNC(=O)c2ccnc(-n3ccnc3)c2)cc1. The van der Waals surface area contributed by atoms with Crippen LogP contribution in [0.1, 0.15) is 22.0 Å². The maximum atomic E-state index is 12.3. The van der Waals surface area contributed by atoms with Crippen LogP contribution >= 0.6 is 0 Å². The van der Waals surface area contributed by atoms with Crippen LogP contribution in [0.2, 0.25) is 0 Å². The third-order valence-corrected chi connectivity index (χ3v) is 3.73. The predicted octanol–water partition coefficient (Wildman–Crippen LogP) is 1.74. The van der Waals surface area contributed by atoms with Crippen molar-refractivity contribution in [2.75, 3.05) is 13.7 Å². The van der Waals surface area contributed by atoms with E-state index in [0.29, 0.717) is 22.7 Å². The monoisotopic (exact) mass is 338 g/mol.